The molecule has 1 aromatic heterocycles. The number of imidazole rings is 1. The van der Waals surface area contributed by atoms with Crippen LogP contribution >= 0.6 is 0 Å². The number of benzene rings is 2. The zero-order chi connectivity index (χ0) is 20.7. The Hall–Kier alpha value is -3.65. The average molecular weight is 402 g/mol. The molecule has 0 unspecified atom stereocenters. The molecule has 0 saturated heterocycles. The number of fused-ring (bicyclic) bond motifs is 4. The maximum absolute atomic E-state index is 13.0. The molecule has 0 saturated carbocycles. The summed E-state index contributed by atoms with van der Waals surface area (Å²) in [5, 5.41) is 12.6. The molecule has 3 aromatic rings. The fraction of sp³-hybridized carbons (Fsp3) is 0.227. The zero-order valence-corrected chi connectivity index (χ0v) is 16.6. The molecule has 0 radical (unpaired) electrons. The van der Waals surface area contributed by atoms with Crippen LogP contribution in [0.2, 0.25) is 0 Å². The van der Waals surface area contributed by atoms with Crippen LogP contribution in [0, 0.1) is 0 Å². The highest BCUT2D eigenvalue weighted by molar-refractivity contribution is 6.11. The van der Waals surface area contributed by atoms with Crippen molar-refractivity contribution in [2.24, 2.45) is 4.99 Å². The first-order valence-corrected chi connectivity index (χ1v) is 9.88. The van der Waals surface area contributed by atoms with Crippen LogP contribution in [0.5, 0.6) is 0 Å². The first-order valence-electron chi connectivity index (χ1n) is 9.88. The predicted octanol–water partition coefficient (Wildman–Crippen LogP) is 2.20. The van der Waals surface area contributed by atoms with Gasteiger partial charge in [-0.2, -0.15) is 0 Å². The molecule has 2 aliphatic heterocycles. The summed E-state index contributed by atoms with van der Waals surface area (Å²) in [5.41, 5.74) is 5.16. The molecule has 3 heterocycles. The van der Waals surface area contributed by atoms with E-state index in [0.29, 0.717) is 18.7 Å². The van der Waals surface area contributed by atoms with E-state index in [9.17, 15) is 9.90 Å². The summed E-state index contributed by atoms with van der Waals surface area (Å²) in [7, 11) is 1.94. The molecule has 3 N–H and O–H groups in total. The van der Waals surface area contributed by atoms with E-state index in [1.165, 1.54) is 0 Å². The second-order valence-corrected chi connectivity index (χ2v) is 7.39. The molecule has 0 aliphatic carbocycles. The molecule has 0 bridgehead atoms. The van der Waals surface area contributed by atoms with Gasteiger partial charge in [-0.3, -0.25) is 9.79 Å². The molecule has 2 aliphatic rings. The first-order chi connectivity index (χ1) is 14.6. The van der Waals surface area contributed by atoms with Crippen molar-refractivity contribution in [1.82, 2.24) is 14.9 Å². The highest BCUT2D eigenvalue weighted by Gasteiger charge is 2.30. The number of allylic oxidation sites excluding steroid dienone is 1. The second-order valence-electron chi connectivity index (χ2n) is 7.39. The minimum Gasteiger partial charge on any atom is -0.395 e. The van der Waals surface area contributed by atoms with Gasteiger partial charge in [-0.15, -0.1) is 0 Å². The van der Waals surface area contributed by atoms with E-state index in [4.69, 9.17) is 0 Å². The van der Waals surface area contributed by atoms with Gasteiger partial charge in [-0.05, 0) is 36.4 Å². The van der Waals surface area contributed by atoms with Crippen LogP contribution in [0.1, 0.15) is 15.9 Å². The summed E-state index contributed by atoms with van der Waals surface area (Å²) in [5.74, 6) is 1.51. The van der Waals surface area contributed by atoms with Gasteiger partial charge in [0.25, 0.3) is 0 Å². The van der Waals surface area contributed by atoms with Gasteiger partial charge >= 0.3 is 0 Å². The molecule has 30 heavy (non-hydrogen) atoms. The Balaban J connectivity index is 1.49. The molecule has 2 aromatic carbocycles. The maximum Gasteiger partial charge on any atom is 0.189 e. The van der Waals surface area contributed by atoms with E-state index in [1.807, 2.05) is 47.2 Å². The van der Waals surface area contributed by atoms with E-state index in [2.05, 4.69) is 20.3 Å². The number of nitrogens with zero attached hydrogens (tertiary/aromatic N) is 4. The van der Waals surface area contributed by atoms with Gasteiger partial charge in [0.15, 0.2) is 5.78 Å². The normalized spacial score (nSPS) is 16.3. The number of aliphatic hydroxyl groups is 1. The number of aromatic amines is 1. The lowest BCUT2D eigenvalue weighted by atomic mass is 10.1. The van der Waals surface area contributed by atoms with Crippen LogP contribution in [-0.2, 0) is 0 Å². The van der Waals surface area contributed by atoms with Crippen LogP contribution in [0.25, 0.3) is 11.0 Å². The maximum atomic E-state index is 13.0. The third-order valence-corrected chi connectivity index (χ3v) is 5.49. The number of rotatable bonds is 5. The Morgan fingerprint density at radius 1 is 1.30 bits per heavy atom. The molecule has 0 atom stereocenters. The Bertz CT molecular complexity index is 1200. The van der Waals surface area contributed by atoms with Crippen LogP contribution in [0.3, 0.4) is 0 Å². The number of aliphatic imine (C=N–C) groups is 1. The molecule has 0 spiro atoms. The lowest BCUT2D eigenvalue weighted by Gasteiger charge is -2.32. The lowest BCUT2D eigenvalue weighted by Crippen LogP contribution is -2.36. The minimum atomic E-state index is -0.0859. The number of carbonyl (C=O) groups is 1. The van der Waals surface area contributed by atoms with Crippen molar-refractivity contribution in [2.45, 2.75) is 0 Å². The van der Waals surface area contributed by atoms with Crippen molar-refractivity contribution in [3.63, 3.8) is 0 Å². The number of likely N-dealkylation sites (N-methyl/N-ethyl adjacent to an activating group) is 1. The monoisotopic (exact) mass is 402 g/mol. The average Bonchev–Trinajstić information content (AvgIpc) is 3.42. The molecule has 0 fully saturated rings. The number of aliphatic hydroxyl groups excluding tert-OH is 1. The zero-order valence-electron chi connectivity index (χ0n) is 16.6. The van der Waals surface area contributed by atoms with E-state index >= 15 is 0 Å². The summed E-state index contributed by atoms with van der Waals surface area (Å²) in [6.07, 6.45) is 3.25. The lowest BCUT2D eigenvalue weighted by molar-refractivity contribution is 0.104. The molecule has 0 amide bonds. The number of aromatic nitrogens is 2. The van der Waals surface area contributed by atoms with Crippen LogP contribution in [0.4, 0.5) is 11.4 Å². The second kappa shape index (κ2) is 7.31. The third kappa shape index (κ3) is 3.11. The number of hydrogen-bond donors (Lipinski definition) is 3. The van der Waals surface area contributed by atoms with Crippen LogP contribution in [0.15, 0.2) is 59.6 Å². The third-order valence-electron chi connectivity index (χ3n) is 5.49. The fourth-order valence-electron chi connectivity index (χ4n) is 3.88. The number of ketones is 1. The number of H-pyrrole nitrogens is 1. The minimum absolute atomic E-state index is 0.0851. The van der Waals surface area contributed by atoms with Crippen LogP contribution in [-0.4, -0.2) is 64.9 Å². The molecular formula is C22H22N6O2. The standard InChI is InChI=1S/C22H22N6O2/c1-27(8-9-29)15-3-4-16-18(11-15)26-21(28-7-6-23-22(16)28)12-20(30)14-2-5-17-19(10-14)25-13-24-17/h2-5,10-13,26,29H,6-9H2,1H3,(H,24,25). The van der Waals surface area contributed by atoms with Crippen molar-refractivity contribution >= 4 is 34.0 Å². The van der Waals surface area contributed by atoms with Crippen molar-refractivity contribution in [3.05, 3.63) is 65.7 Å². The number of amidine groups is 1. The summed E-state index contributed by atoms with van der Waals surface area (Å²) in [4.78, 5) is 28.9. The van der Waals surface area contributed by atoms with E-state index in [-0.39, 0.29) is 12.4 Å². The van der Waals surface area contributed by atoms with Gasteiger partial charge in [0.05, 0.1) is 36.2 Å². The first kappa shape index (κ1) is 18.4. The number of anilines is 2. The smallest absolute Gasteiger partial charge is 0.189 e. The number of hydrogen-bond acceptors (Lipinski definition) is 7. The Kier molecular flexibility index (Phi) is 4.48. The Labute approximate surface area is 173 Å². The molecule has 152 valence electrons. The van der Waals surface area contributed by atoms with Gasteiger partial charge in [0.2, 0.25) is 0 Å². The van der Waals surface area contributed by atoms with Gasteiger partial charge in [0.1, 0.15) is 11.7 Å². The van der Waals surface area contributed by atoms with Crippen molar-refractivity contribution in [1.29, 1.82) is 0 Å². The SMILES string of the molecule is CN(CCO)c1ccc2c(c1)NC(=CC(=O)c1ccc3nc[nH]c3c1)N1CCN=C21. The van der Waals surface area contributed by atoms with Crippen molar-refractivity contribution < 1.29 is 9.90 Å². The molecule has 5 rings (SSSR count). The van der Waals surface area contributed by atoms with E-state index in [0.717, 1.165) is 46.2 Å². The molecule has 8 heteroatoms. The number of carbonyl (C=O) groups excluding carboxylic acids is 1. The highest BCUT2D eigenvalue weighted by atomic mass is 16.3. The van der Waals surface area contributed by atoms with E-state index < -0.39 is 0 Å². The summed E-state index contributed by atoms with van der Waals surface area (Å²) in [6, 6.07) is 11.5. The summed E-state index contributed by atoms with van der Waals surface area (Å²) < 4.78 is 0. The molecule has 8 nitrogen and oxygen atoms in total. The Morgan fingerprint density at radius 2 is 2.20 bits per heavy atom. The molecular weight excluding hydrogens is 380 g/mol. The van der Waals surface area contributed by atoms with Gasteiger partial charge < -0.3 is 25.2 Å². The quantitative estimate of drug-likeness (QED) is 0.447. The largest absolute Gasteiger partial charge is 0.395 e. The van der Waals surface area contributed by atoms with Gasteiger partial charge in [-0.25, -0.2) is 4.98 Å². The summed E-state index contributed by atoms with van der Waals surface area (Å²) >= 11 is 0. The predicted molar refractivity (Wildman–Crippen MR) is 117 cm³/mol. The highest BCUT2D eigenvalue weighted by Crippen LogP contribution is 2.33. The van der Waals surface area contributed by atoms with Crippen molar-refractivity contribution in [3.8, 4) is 0 Å². The van der Waals surface area contributed by atoms with Gasteiger partial charge in [-0.1, -0.05) is 0 Å². The van der Waals surface area contributed by atoms with Crippen LogP contribution < -0.4 is 10.2 Å². The summed E-state index contributed by atoms with van der Waals surface area (Å²) in [6.45, 7) is 2.05. The topological polar surface area (TPSA) is 96.8 Å². The number of nitrogens with one attached hydrogen (secondary N) is 2. The van der Waals surface area contributed by atoms with E-state index in [1.54, 1.807) is 18.5 Å². The van der Waals surface area contributed by atoms with Gasteiger partial charge in [0, 0.05) is 43.0 Å². The van der Waals surface area contributed by atoms with Crippen molar-refractivity contribution in [2.75, 3.05) is 43.5 Å². The Morgan fingerprint density at radius 3 is 3.07 bits per heavy atom. The fourth-order valence-corrected chi connectivity index (χ4v) is 3.88.